The van der Waals surface area contributed by atoms with Crippen molar-refractivity contribution in [3.63, 3.8) is 0 Å². The minimum absolute atomic E-state index is 0.0792. The second-order valence-electron chi connectivity index (χ2n) is 8.12. The Morgan fingerprint density at radius 1 is 0.800 bits per heavy atom. The van der Waals surface area contributed by atoms with Crippen LogP contribution in [-0.4, -0.2) is 34.8 Å². The summed E-state index contributed by atoms with van der Waals surface area (Å²) in [5.74, 6) is 0.328. The van der Waals surface area contributed by atoms with Crippen LogP contribution in [0.2, 0.25) is 0 Å². The maximum Gasteiger partial charge on any atom is 0.418 e. The molecule has 1 fully saturated rings. The van der Waals surface area contributed by atoms with E-state index in [2.05, 4.69) is 16.0 Å². The Hall–Kier alpha value is -2.60. The third kappa shape index (κ3) is 7.69. The molecule has 1 aliphatic rings. The van der Waals surface area contributed by atoms with Crippen molar-refractivity contribution >= 4 is 46.0 Å². The van der Waals surface area contributed by atoms with E-state index in [0.29, 0.717) is 25.6 Å². The number of benzene rings is 2. The van der Waals surface area contributed by atoms with Crippen LogP contribution in [0.3, 0.4) is 0 Å². The van der Waals surface area contributed by atoms with Gasteiger partial charge in [0.2, 0.25) is 0 Å². The van der Waals surface area contributed by atoms with Crippen LogP contribution >= 0.6 is 24.4 Å². The molecular weight excluding hydrogens is 510 g/mol. The summed E-state index contributed by atoms with van der Waals surface area (Å²) in [5.41, 5.74) is -1.76. The Bertz CT molecular complexity index is 1030. The van der Waals surface area contributed by atoms with Gasteiger partial charge in [0.05, 0.1) is 22.5 Å². The van der Waals surface area contributed by atoms with Gasteiger partial charge in [-0.25, -0.2) is 0 Å². The fourth-order valence-electron chi connectivity index (χ4n) is 3.85. The number of hydrogen-bond acceptors (Lipinski definition) is 2. The fourth-order valence-corrected chi connectivity index (χ4v) is 4.36. The quantitative estimate of drug-likeness (QED) is 0.300. The molecule has 1 aliphatic heterocycles. The number of rotatable bonds is 5. The Morgan fingerprint density at radius 3 is 1.80 bits per heavy atom. The summed E-state index contributed by atoms with van der Waals surface area (Å²) in [6.45, 7) is 1.66. The molecule has 4 nitrogen and oxygen atoms in total. The van der Waals surface area contributed by atoms with Crippen molar-refractivity contribution in [3.05, 3.63) is 59.7 Å². The predicted molar refractivity (Wildman–Crippen MR) is 132 cm³/mol. The van der Waals surface area contributed by atoms with E-state index in [1.807, 2.05) is 4.90 Å². The molecule has 2 aromatic rings. The smallest absolute Gasteiger partial charge is 0.362 e. The first kappa shape index (κ1) is 27.0. The van der Waals surface area contributed by atoms with Gasteiger partial charge in [-0.15, -0.1) is 0 Å². The van der Waals surface area contributed by atoms with Crippen molar-refractivity contribution < 1.29 is 26.3 Å². The summed E-state index contributed by atoms with van der Waals surface area (Å²) >= 11 is 10.5. The maximum atomic E-state index is 13.2. The molecule has 1 heterocycles. The van der Waals surface area contributed by atoms with E-state index >= 15 is 0 Å². The number of likely N-dealkylation sites (tertiary alicyclic amines) is 1. The predicted octanol–water partition coefficient (Wildman–Crippen LogP) is 6.51. The van der Waals surface area contributed by atoms with Gasteiger partial charge in [0.1, 0.15) is 0 Å². The van der Waals surface area contributed by atoms with Gasteiger partial charge in [-0.3, -0.25) is 0 Å². The summed E-state index contributed by atoms with van der Waals surface area (Å²) in [4.78, 5) is 1.84. The van der Waals surface area contributed by atoms with Gasteiger partial charge in [-0.2, -0.15) is 26.3 Å². The summed E-state index contributed by atoms with van der Waals surface area (Å²) in [5, 5.41) is 8.61. The summed E-state index contributed by atoms with van der Waals surface area (Å²) < 4.78 is 78.9. The van der Waals surface area contributed by atoms with Gasteiger partial charge in [-0.05, 0) is 73.9 Å². The van der Waals surface area contributed by atoms with Crippen molar-refractivity contribution in [2.45, 2.75) is 31.6 Å². The van der Waals surface area contributed by atoms with E-state index in [1.54, 1.807) is 0 Å². The van der Waals surface area contributed by atoms with Crippen molar-refractivity contribution in [1.82, 2.24) is 10.2 Å². The van der Waals surface area contributed by atoms with Crippen LogP contribution in [0.15, 0.2) is 48.5 Å². The van der Waals surface area contributed by atoms with Crippen LogP contribution in [0.1, 0.15) is 30.4 Å². The third-order valence-electron chi connectivity index (χ3n) is 5.69. The molecule has 0 bridgehead atoms. The number of halogens is 6. The first-order valence-corrected chi connectivity index (χ1v) is 11.7. The topological polar surface area (TPSA) is 39.3 Å². The molecule has 1 saturated heterocycles. The van der Waals surface area contributed by atoms with E-state index in [0.717, 1.165) is 31.4 Å². The minimum atomic E-state index is -4.49. The molecule has 0 saturated carbocycles. The number of thiocarbonyl (C=S) groups is 2. The lowest BCUT2D eigenvalue weighted by molar-refractivity contribution is -0.137. The lowest BCUT2D eigenvalue weighted by Gasteiger charge is -2.34. The molecule has 0 amide bonds. The zero-order chi connectivity index (χ0) is 25.6. The van der Waals surface area contributed by atoms with Crippen LogP contribution in [0.25, 0.3) is 0 Å². The van der Waals surface area contributed by atoms with Gasteiger partial charge in [0.15, 0.2) is 10.2 Å². The highest BCUT2D eigenvalue weighted by Gasteiger charge is 2.34. The van der Waals surface area contributed by atoms with Gasteiger partial charge in [0.25, 0.3) is 0 Å². The molecule has 0 aromatic heterocycles. The molecule has 12 heteroatoms. The molecule has 2 aromatic carbocycles. The zero-order valence-corrected chi connectivity index (χ0v) is 20.1. The van der Waals surface area contributed by atoms with Gasteiger partial charge in [0, 0.05) is 19.6 Å². The van der Waals surface area contributed by atoms with Crippen LogP contribution in [0.5, 0.6) is 0 Å². The Balaban J connectivity index is 1.42. The van der Waals surface area contributed by atoms with E-state index in [9.17, 15) is 26.3 Å². The summed E-state index contributed by atoms with van der Waals surface area (Å²) in [6.07, 6.45) is -6.67. The largest absolute Gasteiger partial charge is 0.418 e. The fraction of sp³-hybridized carbons (Fsp3) is 0.391. The molecule has 0 aliphatic carbocycles. The Morgan fingerprint density at radius 2 is 1.29 bits per heavy atom. The number of para-hydroxylation sites is 2. The molecule has 3 N–H and O–H groups in total. The molecule has 3 rings (SSSR count). The average Bonchev–Trinajstić information content (AvgIpc) is 2.79. The second-order valence-corrected chi connectivity index (χ2v) is 8.91. The third-order valence-corrected chi connectivity index (χ3v) is 6.30. The first-order chi connectivity index (χ1) is 16.4. The number of piperidine rings is 1. The van der Waals surface area contributed by atoms with Gasteiger partial charge >= 0.3 is 12.4 Å². The first-order valence-electron chi connectivity index (χ1n) is 10.9. The number of nitrogens with one attached hydrogen (secondary N) is 3. The monoisotopic (exact) mass is 534 g/mol. The van der Waals surface area contributed by atoms with E-state index in [1.165, 1.54) is 36.4 Å². The minimum Gasteiger partial charge on any atom is -0.362 e. The van der Waals surface area contributed by atoms with Crippen molar-refractivity contribution in [1.29, 1.82) is 0 Å². The van der Waals surface area contributed by atoms with Crippen molar-refractivity contribution in [2.75, 3.05) is 30.3 Å². The van der Waals surface area contributed by atoms with E-state index in [4.69, 9.17) is 24.4 Å². The molecule has 0 radical (unpaired) electrons. The molecular formula is C23H24F6N4S2. The summed E-state index contributed by atoms with van der Waals surface area (Å²) in [6, 6.07) is 10.3. The highest BCUT2D eigenvalue weighted by atomic mass is 32.1. The molecule has 190 valence electrons. The maximum absolute atomic E-state index is 13.2. The molecule has 0 spiro atoms. The normalized spacial score (nSPS) is 15.0. The summed E-state index contributed by atoms with van der Waals surface area (Å²) in [7, 11) is 0. The number of alkyl halides is 6. The van der Waals surface area contributed by atoms with E-state index < -0.39 is 23.5 Å². The van der Waals surface area contributed by atoms with E-state index in [-0.39, 0.29) is 21.6 Å². The van der Waals surface area contributed by atoms with Crippen molar-refractivity contribution in [2.24, 2.45) is 5.92 Å². The lowest BCUT2D eigenvalue weighted by atomic mass is 9.94. The van der Waals surface area contributed by atoms with Crippen LogP contribution in [0.4, 0.5) is 37.7 Å². The molecule has 35 heavy (non-hydrogen) atoms. The SMILES string of the molecule is FC(F)(F)c1ccccc1NC(=S)NCCC1CCN(C(=S)Nc2ccccc2C(F)(F)F)CC1. The Kier molecular flexibility index (Phi) is 8.81. The van der Waals surface area contributed by atoms with Crippen LogP contribution in [0, 0.1) is 5.92 Å². The van der Waals surface area contributed by atoms with Gasteiger partial charge < -0.3 is 20.9 Å². The van der Waals surface area contributed by atoms with Crippen LogP contribution in [-0.2, 0) is 12.4 Å². The number of anilines is 2. The van der Waals surface area contributed by atoms with Crippen molar-refractivity contribution in [3.8, 4) is 0 Å². The highest BCUT2D eigenvalue weighted by Crippen LogP contribution is 2.35. The average molecular weight is 535 g/mol. The molecule has 0 unspecified atom stereocenters. The number of nitrogens with zero attached hydrogens (tertiary/aromatic N) is 1. The van der Waals surface area contributed by atoms with Gasteiger partial charge in [-0.1, -0.05) is 24.3 Å². The standard InChI is InChI=1S/C23H24F6N4S2/c24-22(25,26)16-5-1-3-7-18(16)31-20(34)30-12-9-15-10-13-33(14-11-15)21(35)32-19-8-4-2-6-17(19)23(27,28)29/h1-8,15H,9-14H2,(H,32,35)(H2,30,31,34). The molecule has 0 atom stereocenters. The number of hydrogen-bond donors (Lipinski definition) is 3. The second kappa shape index (κ2) is 11.4. The highest BCUT2D eigenvalue weighted by molar-refractivity contribution is 7.80. The van der Waals surface area contributed by atoms with Crippen LogP contribution < -0.4 is 16.0 Å². The zero-order valence-electron chi connectivity index (χ0n) is 18.5. The Labute approximate surface area is 210 Å². The lowest BCUT2D eigenvalue weighted by Crippen LogP contribution is -2.41.